The first-order valence-electron chi connectivity index (χ1n) is 7.87. The van der Waals surface area contributed by atoms with Crippen LogP contribution in [-0.4, -0.2) is 45.8 Å². The number of carbonyl (C=O) groups is 1. The molecule has 6 nitrogen and oxygen atoms in total. The molecule has 0 saturated heterocycles. The van der Waals surface area contributed by atoms with Gasteiger partial charge in [-0.25, -0.2) is 0 Å². The molecular formula is C15H31O6PS. The highest BCUT2D eigenvalue weighted by Crippen LogP contribution is 2.41. The van der Waals surface area contributed by atoms with Crippen LogP contribution < -0.4 is 0 Å². The molecule has 138 valence electrons. The summed E-state index contributed by atoms with van der Waals surface area (Å²) < 4.78 is 20.0. The highest BCUT2D eigenvalue weighted by Gasteiger charge is 2.39. The SMILES string of the molecule is CCCC(C)(CC(C)(C)SCC(C)O)C(=O)OCCO[PH](=O)O. The minimum Gasteiger partial charge on any atom is -0.463 e. The van der Waals surface area contributed by atoms with Crippen molar-refractivity contribution in [1.82, 2.24) is 0 Å². The number of aliphatic hydroxyl groups is 1. The minimum absolute atomic E-state index is 0.0314. The Labute approximate surface area is 144 Å². The Balaban J connectivity index is 4.68. The van der Waals surface area contributed by atoms with E-state index in [4.69, 9.17) is 9.63 Å². The molecule has 23 heavy (non-hydrogen) atoms. The van der Waals surface area contributed by atoms with E-state index in [1.807, 2.05) is 13.8 Å². The summed E-state index contributed by atoms with van der Waals surface area (Å²) in [6.07, 6.45) is 1.79. The van der Waals surface area contributed by atoms with E-state index in [1.165, 1.54) is 0 Å². The molecule has 0 radical (unpaired) electrons. The minimum atomic E-state index is -2.99. The second-order valence-electron chi connectivity index (χ2n) is 6.66. The van der Waals surface area contributed by atoms with Gasteiger partial charge in [0.05, 0.1) is 18.1 Å². The van der Waals surface area contributed by atoms with Crippen molar-refractivity contribution >= 4 is 26.0 Å². The van der Waals surface area contributed by atoms with Gasteiger partial charge in [-0.2, -0.15) is 11.8 Å². The Morgan fingerprint density at radius 2 is 1.91 bits per heavy atom. The van der Waals surface area contributed by atoms with E-state index in [0.29, 0.717) is 18.6 Å². The second-order valence-corrected chi connectivity index (χ2v) is 9.21. The fourth-order valence-electron chi connectivity index (χ4n) is 2.59. The Kier molecular flexibility index (Phi) is 10.7. The van der Waals surface area contributed by atoms with Gasteiger partial charge in [0.15, 0.2) is 0 Å². The largest absolute Gasteiger partial charge is 0.463 e. The van der Waals surface area contributed by atoms with E-state index >= 15 is 0 Å². The van der Waals surface area contributed by atoms with Crippen molar-refractivity contribution in [2.45, 2.75) is 64.7 Å². The van der Waals surface area contributed by atoms with Gasteiger partial charge < -0.3 is 19.3 Å². The summed E-state index contributed by atoms with van der Waals surface area (Å²) in [4.78, 5) is 21.0. The van der Waals surface area contributed by atoms with Gasteiger partial charge in [-0.05, 0) is 26.7 Å². The van der Waals surface area contributed by atoms with Crippen molar-refractivity contribution in [3.8, 4) is 0 Å². The standard InChI is InChI=1S/C15H31O6PS/c1-6-7-15(5,11-14(3,4)23-10-12(2)16)13(17)20-8-9-21-22(18)19/h12,16,22H,6-11H2,1-5H3,(H,18,19). The summed E-state index contributed by atoms with van der Waals surface area (Å²) in [5.74, 6) is 0.300. The van der Waals surface area contributed by atoms with Gasteiger partial charge in [0.2, 0.25) is 0 Å². The van der Waals surface area contributed by atoms with Crippen LogP contribution in [0, 0.1) is 5.41 Å². The summed E-state index contributed by atoms with van der Waals surface area (Å²) in [5, 5.41) is 9.44. The Morgan fingerprint density at radius 1 is 1.30 bits per heavy atom. The van der Waals surface area contributed by atoms with E-state index in [1.54, 1.807) is 18.7 Å². The highest BCUT2D eigenvalue weighted by molar-refractivity contribution is 8.00. The molecule has 0 aromatic carbocycles. The lowest BCUT2D eigenvalue weighted by atomic mass is 9.78. The zero-order chi connectivity index (χ0) is 18.1. The molecule has 0 rings (SSSR count). The summed E-state index contributed by atoms with van der Waals surface area (Å²) >= 11 is 1.64. The molecule has 8 heteroatoms. The van der Waals surface area contributed by atoms with Crippen LogP contribution >= 0.6 is 20.0 Å². The van der Waals surface area contributed by atoms with Gasteiger partial charge in [-0.3, -0.25) is 9.36 Å². The van der Waals surface area contributed by atoms with E-state index in [0.717, 1.165) is 6.42 Å². The molecule has 0 amide bonds. The first-order chi connectivity index (χ1) is 10.5. The van der Waals surface area contributed by atoms with E-state index in [9.17, 15) is 14.5 Å². The monoisotopic (exact) mass is 370 g/mol. The van der Waals surface area contributed by atoms with Crippen molar-refractivity contribution in [3.63, 3.8) is 0 Å². The number of esters is 1. The Morgan fingerprint density at radius 3 is 2.39 bits per heavy atom. The molecule has 0 spiro atoms. The molecule has 0 aliphatic carbocycles. The van der Waals surface area contributed by atoms with Crippen molar-refractivity contribution in [2.75, 3.05) is 19.0 Å². The third kappa shape index (κ3) is 10.4. The first kappa shape index (κ1) is 22.9. The molecule has 0 aliphatic heterocycles. The third-order valence-corrected chi connectivity index (χ3v) is 5.39. The maximum Gasteiger partial charge on any atom is 0.316 e. The van der Waals surface area contributed by atoms with Crippen LogP contribution in [-0.2, 0) is 18.6 Å². The predicted octanol–water partition coefficient (Wildman–Crippen LogP) is 3.02. The molecule has 0 bridgehead atoms. The van der Waals surface area contributed by atoms with Crippen molar-refractivity contribution in [3.05, 3.63) is 0 Å². The number of carbonyl (C=O) groups excluding carboxylic acids is 1. The Bertz CT molecular complexity index is 388. The van der Waals surface area contributed by atoms with E-state index in [-0.39, 0.29) is 30.0 Å². The van der Waals surface area contributed by atoms with Crippen LogP contribution in [0.5, 0.6) is 0 Å². The third-order valence-electron chi connectivity index (χ3n) is 3.37. The molecule has 0 heterocycles. The maximum atomic E-state index is 12.4. The molecule has 3 unspecified atom stereocenters. The number of thioether (sulfide) groups is 1. The van der Waals surface area contributed by atoms with Crippen LogP contribution in [0.25, 0.3) is 0 Å². The molecule has 2 N–H and O–H groups in total. The van der Waals surface area contributed by atoms with Gasteiger partial charge >= 0.3 is 14.2 Å². The molecule has 0 fully saturated rings. The number of hydrogen-bond donors (Lipinski definition) is 2. The van der Waals surface area contributed by atoms with Crippen molar-refractivity contribution in [1.29, 1.82) is 0 Å². The number of ether oxygens (including phenoxy) is 1. The summed E-state index contributed by atoms with van der Waals surface area (Å²) in [6, 6.07) is 0. The maximum absolute atomic E-state index is 12.4. The molecular weight excluding hydrogens is 339 g/mol. The lowest BCUT2D eigenvalue weighted by molar-refractivity contribution is -0.157. The predicted molar refractivity (Wildman–Crippen MR) is 94.0 cm³/mol. The molecule has 0 aromatic rings. The average molecular weight is 370 g/mol. The average Bonchev–Trinajstić information content (AvgIpc) is 2.40. The highest BCUT2D eigenvalue weighted by atomic mass is 32.2. The van der Waals surface area contributed by atoms with Gasteiger partial charge in [0.25, 0.3) is 0 Å². The quantitative estimate of drug-likeness (QED) is 0.310. The zero-order valence-corrected chi connectivity index (χ0v) is 16.6. The normalized spacial score (nSPS) is 17.3. The molecule has 0 aromatic heterocycles. The zero-order valence-electron chi connectivity index (χ0n) is 14.8. The molecule has 0 saturated carbocycles. The summed E-state index contributed by atoms with van der Waals surface area (Å²) in [5.41, 5.74) is -0.631. The first-order valence-corrected chi connectivity index (χ1v) is 10.1. The van der Waals surface area contributed by atoms with Gasteiger partial charge in [0, 0.05) is 10.5 Å². The fraction of sp³-hybridized carbons (Fsp3) is 0.933. The van der Waals surface area contributed by atoms with E-state index in [2.05, 4.69) is 18.4 Å². The number of hydrogen-bond acceptors (Lipinski definition) is 6. The smallest absolute Gasteiger partial charge is 0.316 e. The summed E-state index contributed by atoms with van der Waals surface area (Å²) in [6.45, 7) is 9.65. The van der Waals surface area contributed by atoms with Crippen LogP contribution in [0.2, 0.25) is 0 Å². The Hall–Kier alpha value is -0.0700. The fourth-order valence-corrected chi connectivity index (χ4v) is 3.96. The van der Waals surface area contributed by atoms with Gasteiger partial charge in [-0.1, -0.05) is 27.2 Å². The number of aliphatic hydroxyl groups excluding tert-OH is 1. The van der Waals surface area contributed by atoms with Crippen LogP contribution in [0.1, 0.15) is 53.9 Å². The summed E-state index contributed by atoms with van der Waals surface area (Å²) in [7, 11) is -2.99. The number of rotatable bonds is 12. The lowest BCUT2D eigenvalue weighted by Crippen LogP contribution is -2.37. The molecule has 3 atom stereocenters. The van der Waals surface area contributed by atoms with Crippen LogP contribution in [0.4, 0.5) is 0 Å². The van der Waals surface area contributed by atoms with Crippen molar-refractivity contribution < 1.29 is 28.6 Å². The van der Waals surface area contributed by atoms with Crippen LogP contribution in [0.3, 0.4) is 0 Å². The molecule has 0 aliphatic rings. The topological polar surface area (TPSA) is 93.1 Å². The van der Waals surface area contributed by atoms with E-state index < -0.39 is 13.7 Å². The van der Waals surface area contributed by atoms with Gasteiger partial charge in [-0.15, -0.1) is 0 Å². The van der Waals surface area contributed by atoms with Crippen molar-refractivity contribution in [2.24, 2.45) is 5.41 Å². The van der Waals surface area contributed by atoms with Crippen LogP contribution in [0.15, 0.2) is 0 Å². The second kappa shape index (κ2) is 10.7. The lowest BCUT2D eigenvalue weighted by Gasteiger charge is -2.35. The van der Waals surface area contributed by atoms with Gasteiger partial charge in [0.1, 0.15) is 6.61 Å².